The molecule has 4 aromatic rings. The van der Waals surface area contributed by atoms with Crippen molar-refractivity contribution in [2.75, 3.05) is 0 Å². The maximum absolute atomic E-state index is 11.3. The van der Waals surface area contributed by atoms with E-state index in [2.05, 4.69) is 13.0 Å². The molecule has 35 heavy (non-hydrogen) atoms. The molecule has 3 aromatic carbocycles. The Balaban J connectivity index is 1.39. The summed E-state index contributed by atoms with van der Waals surface area (Å²) in [5.74, 6) is 1.18. The van der Waals surface area contributed by atoms with E-state index in [1.54, 1.807) is 36.4 Å². The Morgan fingerprint density at radius 1 is 0.886 bits per heavy atom. The standard InChI is InChI=1S/C29H24O6/c1-14-7-20-19-6-5-18(31)13-25(19)34-29(2)28(20)21(8-14)27-22(32)9-16(11-26(27)35-29)23-10-15-3-4-17(30)12-24(15)33-23/h3-6,8-13,20-21,28,30-32H,7H2,1-2H3. The van der Waals surface area contributed by atoms with E-state index in [4.69, 9.17) is 13.9 Å². The second-order valence-corrected chi connectivity index (χ2v) is 10.1. The molecule has 7 rings (SSSR count). The van der Waals surface area contributed by atoms with Crippen LogP contribution in [0.1, 0.15) is 43.2 Å². The van der Waals surface area contributed by atoms with Gasteiger partial charge in [0.25, 0.3) is 5.79 Å². The molecule has 3 heterocycles. The molecule has 176 valence electrons. The summed E-state index contributed by atoms with van der Waals surface area (Å²) in [5.41, 5.74) is 4.27. The van der Waals surface area contributed by atoms with Crippen molar-refractivity contribution in [2.24, 2.45) is 5.92 Å². The van der Waals surface area contributed by atoms with Crippen molar-refractivity contribution in [3.63, 3.8) is 0 Å². The summed E-state index contributed by atoms with van der Waals surface area (Å²) >= 11 is 0. The van der Waals surface area contributed by atoms with E-state index in [0.29, 0.717) is 28.4 Å². The number of hydrogen-bond donors (Lipinski definition) is 3. The van der Waals surface area contributed by atoms with Crippen LogP contribution in [0.15, 0.2) is 70.7 Å². The lowest BCUT2D eigenvalue weighted by Crippen LogP contribution is -2.56. The Labute approximate surface area is 201 Å². The second kappa shape index (κ2) is 6.75. The molecule has 0 saturated carbocycles. The fraction of sp³-hybridized carbons (Fsp3) is 0.241. The number of rotatable bonds is 1. The van der Waals surface area contributed by atoms with Crippen molar-refractivity contribution >= 4 is 11.0 Å². The van der Waals surface area contributed by atoms with Gasteiger partial charge >= 0.3 is 0 Å². The van der Waals surface area contributed by atoms with Crippen LogP contribution in [0.2, 0.25) is 0 Å². The minimum Gasteiger partial charge on any atom is -0.508 e. The van der Waals surface area contributed by atoms with Crippen LogP contribution in [0.5, 0.6) is 28.7 Å². The highest BCUT2D eigenvalue weighted by molar-refractivity contribution is 5.84. The fourth-order valence-electron chi connectivity index (χ4n) is 6.31. The average Bonchev–Trinajstić information content (AvgIpc) is 3.21. The number of benzene rings is 3. The number of hydrogen-bond acceptors (Lipinski definition) is 6. The van der Waals surface area contributed by atoms with E-state index >= 15 is 0 Å². The van der Waals surface area contributed by atoms with Gasteiger partial charge < -0.3 is 29.2 Å². The van der Waals surface area contributed by atoms with Gasteiger partial charge in [0.1, 0.15) is 40.1 Å². The Morgan fingerprint density at radius 3 is 2.51 bits per heavy atom. The predicted molar refractivity (Wildman–Crippen MR) is 130 cm³/mol. The summed E-state index contributed by atoms with van der Waals surface area (Å²) in [6, 6.07) is 15.7. The highest BCUT2D eigenvalue weighted by Gasteiger charge is 2.57. The lowest BCUT2D eigenvalue weighted by Gasteiger charge is -2.53. The Morgan fingerprint density at radius 2 is 1.66 bits per heavy atom. The Bertz CT molecular complexity index is 1560. The summed E-state index contributed by atoms with van der Waals surface area (Å²) in [6.45, 7) is 4.06. The maximum Gasteiger partial charge on any atom is 0.252 e. The quantitative estimate of drug-likeness (QED) is 0.274. The van der Waals surface area contributed by atoms with Crippen molar-refractivity contribution in [2.45, 2.75) is 37.9 Å². The van der Waals surface area contributed by atoms with Crippen LogP contribution in [-0.4, -0.2) is 21.1 Å². The molecule has 6 nitrogen and oxygen atoms in total. The van der Waals surface area contributed by atoms with Crippen molar-refractivity contribution < 1.29 is 29.2 Å². The molecular formula is C29H24O6. The number of ether oxygens (including phenoxy) is 2. The molecular weight excluding hydrogens is 444 g/mol. The molecule has 1 aromatic heterocycles. The maximum atomic E-state index is 11.3. The molecule has 4 unspecified atom stereocenters. The zero-order valence-corrected chi connectivity index (χ0v) is 19.3. The third kappa shape index (κ3) is 2.89. The molecule has 3 aliphatic rings. The van der Waals surface area contributed by atoms with E-state index in [9.17, 15) is 15.3 Å². The molecule has 4 atom stereocenters. The van der Waals surface area contributed by atoms with Crippen LogP contribution in [0.4, 0.5) is 0 Å². The van der Waals surface area contributed by atoms with Crippen LogP contribution in [0, 0.1) is 5.92 Å². The van der Waals surface area contributed by atoms with E-state index < -0.39 is 5.79 Å². The van der Waals surface area contributed by atoms with E-state index in [1.165, 1.54) is 5.57 Å². The smallest absolute Gasteiger partial charge is 0.252 e. The van der Waals surface area contributed by atoms with Crippen LogP contribution < -0.4 is 9.47 Å². The van der Waals surface area contributed by atoms with Crippen molar-refractivity contribution in [1.29, 1.82) is 0 Å². The largest absolute Gasteiger partial charge is 0.508 e. The van der Waals surface area contributed by atoms with Crippen LogP contribution in [0.3, 0.4) is 0 Å². The molecule has 0 amide bonds. The minimum atomic E-state index is -0.981. The van der Waals surface area contributed by atoms with Gasteiger partial charge in [0.05, 0.1) is 5.92 Å². The lowest BCUT2D eigenvalue weighted by atomic mass is 9.62. The fourth-order valence-corrected chi connectivity index (χ4v) is 6.31. The summed E-state index contributed by atoms with van der Waals surface area (Å²) < 4.78 is 19.0. The number of phenols is 3. The van der Waals surface area contributed by atoms with Gasteiger partial charge in [0.15, 0.2) is 0 Å². The van der Waals surface area contributed by atoms with E-state index in [0.717, 1.165) is 22.9 Å². The highest BCUT2D eigenvalue weighted by Crippen LogP contribution is 2.61. The number of allylic oxidation sites excluding steroid dienone is 2. The molecule has 0 bridgehead atoms. The first-order valence-electron chi connectivity index (χ1n) is 11.8. The minimum absolute atomic E-state index is 0.0401. The van der Waals surface area contributed by atoms with Gasteiger partial charge in [-0.05, 0) is 55.3 Å². The molecule has 2 aliphatic heterocycles. The predicted octanol–water partition coefficient (Wildman–Crippen LogP) is 6.55. The highest BCUT2D eigenvalue weighted by atomic mass is 16.7. The molecule has 0 spiro atoms. The molecule has 3 N–H and O–H groups in total. The zero-order valence-electron chi connectivity index (χ0n) is 19.3. The first-order valence-corrected chi connectivity index (χ1v) is 11.8. The van der Waals surface area contributed by atoms with Gasteiger partial charge in [0.2, 0.25) is 0 Å². The van der Waals surface area contributed by atoms with Crippen LogP contribution in [-0.2, 0) is 0 Å². The molecule has 0 radical (unpaired) electrons. The second-order valence-electron chi connectivity index (χ2n) is 10.1. The van der Waals surface area contributed by atoms with Gasteiger partial charge in [0, 0.05) is 47.4 Å². The summed E-state index contributed by atoms with van der Waals surface area (Å²) in [6.07, 6.45) is 3.08. The molecule has 0 fully saturated rings. The molecule has 0 saturated heterocycles. The number of phenolic OH excluding ortho intramolecular Hbond substituents is 3. The number of aromatic hydroxyl groups is 3. The third-order valence-corrected chi connectivity index (χ3v) is 7.70. The normalized spacial score (nSPS) is 26.1. The van der Waals surface area contributed by atoms with Gasteiger partial charge in [-0.25, -0.2) is 0 Å². The van der Waals surface area contributed by atoms with Crippen LogP contribution >= 0.6 is 0 Å². The van der Waals surface area contributed by atoms with Gasteiger partial charge in [-0.3, -0.25) is 0 Å². The molecule has 1 aliphatic carbocycles. The molecule has 6 heteroatoms. The average molecular weight is 469 g/mol. The third-order valence-electron chi connectivity index (χ3n) is 7.70. The summed E-state index contributed by atoms with van der Waals surface area (Å²) in [5, 5.41) is 32.0. The zero-order chi connectivity index (χ0) is 24.1. The first-order chi connectivity index (χ1) is 16.8. The van der Waals surface area contributed by atoms with Crippen LogP contribution in [0.25, 0.3) is 22.3 Å². The SMILES string of the molecule is CC1=CC2c3c(O)cc(-c4cc5ccc(O)cc5o4)cc3OC3(C)Oc4cc(O)ccc4C(C1)C23. The summed E-state index contributed by atoms with van der Waals surface area (Å²) in [7, 11) is 0. The van der Waals surface area contributed by atoms with Gasteiger partial charge in [-0.15, -0.1) is 0 Å². The van der Waals surface area contributed by atoms with Crippen molar-refractivity contribution in [1.82, 2.24) is 0 Å². The Kier molecular flexibility index (Phi) is 3.92. The van der Waals surface area contributed by atoms with E-state index in [1.807, 2.05) is 25.1 Å². The monoisotopic (exact) mass is 468 g/mol. The number of fused-ring (bicyclic) bond motifs is 5. The van der Waals surface area contributed by atoms with Gasteiger partial charge in [-0.1, -0.05) is 17.7 Å². The number of furan rings is 1. The van der Waals surface area contributed by atoms with E-state index in [-0.39, 0.29) is 35.0 Å². The van der Waals surface area contributed by atoms with Crippen molar-refractivity contribution in [3.05, 3.63) is 77.4 Å². The Hall–Kier alpha value is -4.06. The first kappa shape index (κ1) is 20.3. The topological polar surface area (TPSA) is 92.3 Å². The summed E-state index contributed by atoms with van der Waals surface area (Å²) in [4.78, 5) is 0. The van der Waals surface area contributed by atoms with Crippen molar-refractivity contribution in [3.8, 4) is 40.1 Å². The lowest BCUT2D eigenvalue weighted by molar-refractivity contribution is -0.174. The van der Waals surface area contributed by atoms with Gasteiger partial charge in [-0.2, -0.15) is 0 Å².